The fourth-order valence-electron chi connectivity index (χ4n) is 2.16. The Labute approximate surface area is 146 Å². The van der Waals surface area contributed by atoms with Gasteiger partial charge < -0.3 is 9.64 Å². The van der Waals surface area contributed by atoms with Crippen molar-refractivity contribution in [2.75, 3.05) is 25.4 Å². The number of ether oxygens (including phenoxy) is 1. The average molecular weight is 356 g/mol. The highest BCUT2D eigenvalue weighted by atomic mass is 35.5. The maximum Gasteiger partial charge on any atom is 0.307 e. The van der Waals surface area contributed by atoms with Crippen LogP contribution in [0.25, 0.3) is 0 Å². The monoisotopic (exact) mass is 355 g/mol. The molecule has 0 heterocycles. The Morgan fingerprint density at radius 1 is 1.30 bits per heavy atom. The first kappa shape index (κ1) is 18.1. The molecular weight excluding hydrogens is 334 g/mol. The topological polar surface area (TPSA) is 46.6 Å². The van der Waals surface area contributed by atoms with Crippen molar-refractivity contribution in [3.05, 3.63) is 29.3 Å². The smallest absolute Gasteiger partial charge is 0.307 e. The van der Waals surface area contributed by atoms with Gasteiger partial charge in [0.05, 0.1) is 18.8 Å². The van der Waals surface area contributed by atoms with Gasteiger partial charge >= 0.3 is 5.97 Å². The van der Waals surface area contributed by atoms with Gasteiger partial charge in [-0.1, -0.05) is 11.6 Å². The summed E-state index contributed by atoms with van der Waals surface area (Å²) < 4.78 is 4.94. The molecule has 0 radical (unpaired) electrons. The van der Waals surface area contributed by atoms with Crippen molar-refractivity contribution in [3.8, 4) is 0 Å². The summed E-state index contributed by atoms with van der Waals surface area (Å²) >= 11 is 7.35. The SMILES string of the molecule is CCOC(=O)CCN(CC1CC1)C(=O)CSc1ccc(Cl)cc1. The lowest BCUT2D eigenvalue weighted by Crippen LogP contribution is -2.36. The van der Waals surface area contributed by atoms with Crippen molar-refractivity contribution >= 4 is 35.2 Å². The number of rotatable bonds is 9. The average Bonchev–Trinajstić information content (AvgIpc) is 3.35. The molecule has 1 aliphatic carbocycles. The van der Waals surface area contributed by atoms with Gasteiger partial charge in [0.25, 0.3) is 0 Å². The molecule has 1 aromatic carbocycles. The van der Waals surface area contributed by atoms with E-state index in [1.165, 1.54) is 24.6 Å². The summed E-state index contributed by atoms with van der Waals surface area (Å²) in [7, 11) is 0. The Morgan fingerprint density at radius 2 is 2.00 bits per heavy atom. The van der Waals surface area contributed by atoms with E-state index in [-0.39, 0.29) is 18.3 Å². The van der Waals surface area contributed by atoms with Crippen LogP contribution in [0.2, 0.25) is 5.02 Å². The molecule has 0 N–H and O–H groups in total. The van der Waals surface area contributed by atoms with Gasteiger partial charge in [-0.15, -0.1) is 11.8 Å². The first-order valence-corrected chi connectivity index (χ1v) is 9.26. The van der Waals surface area contributed by atoms with Crippen LogP contribution in [0.3, 0.4) is 0 Å². The van der Waals surface area contributed by atoms with Crippen LogP contribution < -0.4 is 0 Å². The number of hydrogen-bond acceptors (Lipinski definition) is 4. The highest BCUT2D eigenvalue weighted by molar-refractivity contribution is 8.00. The molecule has 0 spiro atoms. The number of benzene rings is 1. The normalized spacial score (nSPS) is 13.7. The minimum absolute atomic E-state index is 0.0705. The fraction of sp³-hybridized carbons (Fsp3) is 0.529. The van der Waals surface area contributed by atoms with Crippen LogP contribution in [0.4, 0.5) is 0 Å². The Kier molecular flexibility index (Phi) is 7.24. The molecule has 0 aromatic heterocycles. The predicted molar refractivity (Wildman–Crippen MR) is 92.7 cm³/mol. The third-order valence-electron chi connectivity index (χ3n) is 3.60. The van der Waals surface area contributed by atoms with E-state index < -0.39 is 0 Å². The van der Waals surface area contributed by atoms with E-state index in [1.807, 2.05) is 24.3 Å². The molecule has 0 aliphatic heterocycles. The van der Waals surface area contributed by atoms with Crippen molar-refractivity contribution in [2.45, 2.75) is 31.1 Å². The van der Waals surface area contributed by atoms with E-state index in [2.05, 4.69) is 0 Å². The van der Waals surface area contributed by atoms with Gasteiger partial charge in [0.1, 0.15) is 0 Å². The molecule has 126 valence electrons. The first-order valence-electron chi connectivity index (χ1n) is 7.90. The van der Waals surface area contributed by atoms with Gasteiger partial charge in [0.2, 0.25) is 5.91 Å². The van der Waals surface area contributed by atoms with Crippen LogP contribution in [0.1, 0.15) is 26.2 Å². The van der Waals surface area contributed by atoms with Gasteiger partial charge in [-0.25, -0.2) is 0 Å². The van der Waals surface area contributed by atoms with E-state index in [1.54, 1.807) is 11.8 Å². The van der Waals surface area contributed by atoms with E-state index in [4.69, 9.17) is 16.3 Å². The van der Waals surface area contributed by atoms with Gasteiger partial charge in [0, 0.05) is 23.0 Å². The third kappa shape index (κ3) is 6.83. The summed E-state index contributed by atoms with van der Waals surface area (Å²) in [5, 5.41) is 0.686. The quantitative estimate of drug-likeness (QED) is 0.501. The van der Waals surface area contributed by atoms with Crippen molar-refractivity contribution < 1.29 is 14.3 Å². The molecule has 4 nitrogen and oxygen atoms in total. The maximum absolute atomic E-state index is 12.4. The molecule has 1 fully saturated rings. The number of amides is 1. The highest BCUT2D eigenvalue weighted by Gasteiger charge is 2.27. The Morgan fingerprint density at radius 3 is 2.61 bits per heavy atom. The molecule has 0 saturated heterocycles. The van der Waals surface area contributed by atoms with Gasteiger partial charge in [0.15, 0.2) is 0 Å². The molecule has 1 aliphatic rings. The molecular formula is C17H22ClNO3S. The second-order valence-corrected chi connectivity index (χ2v) is 7.07. The minimum Gasteiger partial charge on any atom is -0.466 e. The molecule has 1 saturated carbocycles. The minimum atomic E-state index is -0.244. The fourth-order valence-corrected chi connectivity index (χ4v) is 3.08. The van der Waals surface area contributed by atoms with Crippen LogP contribution in [0.5, 0.6) is 0 Å². The van der Waals surface area contributed by atoms with Crippen LogP contribution in [-0.4, -0.2) is 42.2 Å². The third-order valence-corrected chi connectivity index (χ3v) is 4.84. The van der Waals surface area contributed by atoms with Gasteiger partial charge in [-0.05, 0) is 49.9 Å². The maximum atomic E-state index is 12.4. The number of carbonyl (C=O) groups excluding carboxylic acids is 2. The van der Waals surface area contributed by atoms with E-state index in [9.17, 15) is 9.59 Å². The van der Waals surface area contributed by atoms with Gasteiger partial charge in [-0.3, -0.25) is 9.59 Å². The summed E-state index contributed by atoms with van der Waals surface area (Å²) in [5.74, 6) is 0.797. The Bertz CT molecular complexity index is 531. The molecule has 2 rings (SSSR count). The van der Waals surface area contributed by atoms with Crippen LogP contribution in [0.15, 0.2) is 29.2 Å². The second-order valence-electron chi connectivity index (χ2n) is 5.58. The molecule has 0 bridgehead atoms. The summed E-state index contributed by atoms with van der Waals surface area (Å²) in [4.78, 5) is 26.8. The van der Waals surface area contributed by atoms with Crippen molar-refractivity contribution in [2.24, 2.45) is 5.92 Å². The van der Waals surface area contributed by atoms with Crippen LogP contribution >= 0.6 is 23.4 Å². The first-order chi connectivity index (χ1) is 11.1. The molecule has 6 heteroatoms. The molecule has 0 atom stereocenters. The molecule has 23 heavy (non-hydrogen) atoms. The Balaban J connectivity index is 1.82. The second kappa shape index (κ2) is 9.18. The number of halogens is 1. The van der Waals surface area contributed by atoms with Crippen LogP contribution in [-0.2, 0) is 14.3 Å². The zero-order valence-electron chi connectivity index (χ0n) is 13.3. The summed E-state index contributed by atoms with van der Waals surface area (Å²) in [6.07, 6.45) is 2.61. The highest BCUT2D eigenvalue weighted by Crippen LogP contribution is 2.30. The zero-order chi connectivity index (χ0) is 16.7. The number of thioether (sulfide) groups is 1. The Hall–Kier alpha value is -1.20. The van der Waals surface area contributed by atoms with Gasteiger partial charge in [-0.2, -0.15) is 0 Å². The number of hydrogen-bond donors (Lipinski definition) is 0. The van der Waals surface area contributed by atoms with E-state index >= 15 is 0 Å². The zero-order valence-corrected chi connectivity index (χ0v) is 14.9. The molecule has 1 aromatic rings. The largest absolute Gasteiger partial charge is 0.466 e. The van der Waals surface area contributed by atoms with Crippen molar-refractivity contribution in [3.63, 3.8) is 0 Å². The standard InChI is InChI=1S/C17H22ClNO3S/c1-2-22-17(21)9-10-19(11-13-3-4-13)16(20)12-23-15-7-5-14(18)6-8-15/h5-8,13H,2-4,9-12H2,1H3. The number of carbonyl (C=O) groups is 2. The lowest BCUT2D eigenvalue weighted by molar-refractivity contribution is -0.144. The predicted octanol–water partition coefficient (Wildman–Crippen LogP) is 3.62. The van der Waals surface area contributed by atoms with Crippen LogP contribution in [0, 0.1) is 5.92 Å². The van der Waals surface area contributed by atoms with E-state index in [0.29, 0.717) is 29.8 Å². The number of nitrogens with zero attached hydrogens (tertiary/aromatic N) is 1. The van der Waals surface area contributed by atoms with E-state index in [0.717, 1.165) is 11.4 Å². The van der Waals surface area contributed by atoms with Crippen molar-refractivity contribution in [1.82, 2.24) is 4.90 Å². The van der Waals surface area contributed by atoms with Crippen molar-refractivity contribution in [1.29, 1.82) is 0 Å². The summed E-state index contributed by atoms with van der Waals surface area (Å²) in [6.45, 7) is 3.35. The molecule has 0 unspecified atom stereocenters. The summed E-state index contributed by atoms with van der Waals surface area (Å²) in [5.41, 5.74) is 0. The lowest BCUT2D eigenvalue weighted by Gasteiger charge is -2.22. The lowest BCUT2D eigenvalue weighted by atomic mass is 10.3. The molecule has 1 amide bonds. The summed E-state index contributed by atoms with van der Waals surface area (Å²) in [6, 6.07) is 7.45. The number of esters is 1.